The van der Waals surface area contributed by atoms with Gasteiger partial charge in [-0.2, -0.15) is 13.2 Å². The molecule has 0 aromatic carbocycles. The Hall–Kier alpha value is -0.330. The molecule has 1 saturated heterocycles. The van der Waals surface area contributed by atoms with Crippen molar-refractivity contribution in [3.8, 4) is 0 Å². The number of likely N-dealkylation sites (N-methyl/N-ethyl adjacent to an activating group) is 1. The third-order valence-electron chi connectivity index (χ3n) is 3.38. The van der Waals surface area contributed by atoms with Gasteiger partial charge < -0.3 is 10.2 Å². The number of nitrogens with zero attached hydrogens (tertiary/aromatic N) is 2. The van der Waals surface area contributed by atoms with Gasteiger partial charge in [0.15, 0.2) is 0 Å². The molecule has 1 N–H and O–H groups in total. The molecule has 2 unspecified atom stereocenters. The molecule has 1 aliphatic rings. The van der Waals surface area contributed by atoms with Crippen LogP contribution in [-0.2, 0) is 0 Å². The minimum absolute atomic E-state index is 0.147. The molecule has 17 heavy (non-hydrogen) atoms. The predicted molar refractivity (Wildman–Crippen MR) is 62.1 cm³/mol. The van der Waals surface area contributed by atoms with Crippen LogP contribution in [-0.4, -0.2) is 67.8 Å². The Morgan fingerprint density at radius 1 is 1.35 bits per heavy atom. The third-order valence-corrected chi connectivity index (χ3v) is 3.38. The Bertz CT molecular complexity index is 232. The molecule has 0 aliphatic carbocycles. The van der Waals surface area contributed by atoms with Crippen LogP contribution in [0.3, 0.4) is 0 Å². The minimum Gasteiger partial charge on any atom is -0.307 e. The quantitative estimate of drug-likeness (QED) is 0.811. The molecule has 102 valence electrons. The predicted octanol–water partition coefficient (Wildman–Crippen LogP) is 1.16. The highest BCUT2D eigenvalue weighted by atomic mass is 19.4. The van der Waals surface area contributed by atoms with Gasteiger partial charge in [-0.25, -0.2) is 0 Å². The molecule has 0 amide bonds. The number of halogens is 3. The van der Waals surface area contributed by atoms with Crippen LogP contribution in [0.25, 0.3) is 0 Å². The maximum atomic E-state index is 12.0. The van der Waals surface area contributed by atoms with Crippen LogP contribution in [0, 0.1) is 0 Å². The lowest BCUT2D eigenvalue weighted by Gasteiger charge is -2.40. The molecular weight excluding hydrogens is 231 g/mol. The molecule has 0 spiro atoms. The van der Waals surface area contributed by atoms with Gasteiger partial charge in [0.25, 0.3) is 0 Å². The highest BCUT2D eigenvalue weighted by Gasteiger charge is 2.28. The second-order valence-corrected chi connectivity index (χ2v) is 4.92. The lowest BCUT2D eigenvalue weighted by molar-refractivity contribution is -0.125. The second kappa shape index (κ2) is 6.02. The number of nitrogens with one attached hydrogen (secondary N) is 1. The van der Waals surface area contributed by atoms with Gasteiger partial charge >= 0.3 is 6.18 Å². The van der Waals surface area contributed by atoms with Gasteiger partial charge in [0.1, 0.15) is 0 Å². The van der Waals surface area contributed by atoms with Gasteiger partial charge in [-0.05, 0) is 20.9 Å². The van der Waals surface area contributed by atoms with Gasteiger partial charge in [-0.15, -0.1) is 0 Å². The van der Waals surface area contributed by atoms with Crippen molar-refractivity contribution in [3.05, 3.63) is 0 Å². The summed E-state index contributed by atoms with van der Waals surface area (Å²) in [7, 11) is 2.08. The number of rotatable bonds is 4. The van der Waals surface area contributed by atoms with Crippen LogP contribution in [0.1, 0.15) is 13.8 Å². The van der Waals surface area contributed by atoms with Crippen LogP contribution >= 0.6 is 0 Å². The number of piperazine rings is 1. The van der Waals surface area contributed by atoms with E-state index in [0.29, 0.717) is 12.6 Å². The molecule has 0 aromatic heterocycles. The first-order chi connectivity index (χ1) is 7.79. The van der Waals surface area contributed by atoms with E-state index in [9.17, 15) is 13.2 Å². The summed E-state index contributed by atoms with van der Waals surface area (Å²) < 4.78 is 35.9. The van der Waals surface area contributed by atoms with Crippen molar-refractivity contribution in [1.29, 1.82) is 0 Å². The van der Waals surface area contributed by atoms with Crippen molar-refractivity contribution in [2.75, 3.05) is 39.8 Å². The second-order valence-electron chi connectivity index (χ2n) is 4.92. The number of alkyl halides is 3. The normalized spacial score (nSPS) is 26.1. The van der Waals surface area contributed by atoms with E-state index in [1.54, 1.807) is 0 Å². The van der Waals surface area contributed by atoms with E-state index in [2.05, 4.69) is 29.1 Å². The summed E-state index contributed by atoms with van der Waals surface area (Å²) in [4.78, 5) is 4.51. The van der Waals surface area contributed by atoms with Crippen LogP contribution in [0.15, 0.2) is 0 Å². The first-order valence-electron chi connectivity index (χ1n) is 6.01. The van der Waals surface area contributed by atoms with E-state index < -0.39 is 12.7 Å². The molecule has 1 fully saturated rings. The molecule has 1 heterocycles. The third kappa shape index (κ3) is 5.23. The zero-order chi connectivity index (χ0) is 13.1. The van der Waals surface area contributed by atoms with Crippen molar-refractivity contribution < 1.29 is 13.2 Å². The molecule has 6 heteroatoms. The van der Waals surface area contributed by atoms with E-state index in [1.807, 2.05) is 6.92 Å². The first-order valence-corrected chi connectivity index (χ1v) is 6.01. The molecule has 0 aromatic rings. The standard InChI is InChI=1S/C11H22F3N3/c1-9(6-15-8-11(12,13)14)17-5-4-16(3)10(2)7-17/h9-10,15H,4-8H2,1-3H3. The zero-order valence-electron chi connectivity index (χ0n) is 10.7. The average Bonchev–Trinajstić information content (AvgIpc) is 2.20. The molecule has 1 rings (SSSR count). The smallest absolute Gasteiger partial charge is 0.307 e. The lowest BCUT2D eigenvalue weighted by Crippen LogP contribution is -2.54. The van der Waals surface area contributed by atoms with Crippen molar-refractivity contribution in [1.82, 2.24) is 15.1 Å². The molecule has 2 atom stereocenters. The number of hydrogen-bond acceptors (Lipinski definition) is 3. The monoisotopic (exact) mass is 253 g/mol. The molecule has 1 aliphatic heterocycles. The Balaban J connectivity index is 2.26. The first kappa shape index (κ1) is 14.7. The van der Waals surface area contributed by atoms with E-state index in [-0.39, 0.29) is 6.04 Å². The fraction of sp³-hybridized carbons (Fsp3) is 1.00. The van der Waals surface area contributed by atoms with Gasteiger partial charge in [-0.1, -0.05) is 0 Å². The fourth-order valence-electron chi connectivity index (χ4n) is 2.03. The van der Waals surface area contributed by atoms with Crippen molar-refractivity contribution in [3.63, 3.8) is 0 Å². The fourth-order valence-corrected chi connectivity index (χ4v) is 2.03. The molecule has 3 nitrogen and oxygen atoms in total. The maximum Gasteiger partial charge on any atom is 0.401 e. The van der Waals surface area contributed by atoms with E-state index >= 15 is 0 Å². The minimum atomic E-state index is -4.12. The van der Waals surface area contributed by atoms with Crippen LogP contribution in [0.2, 0.25) is 0 Å². The molecule has 0 bridgehead atoms. The average molecular weight is 253 g/mol. The SMILES string of the molecule is CC1CN(C(C)CNCC(F)(F)F)CCN1C. The Morgan fingerprint density at radius 2 is 2.00 bits per heavy atom. The Kier molecular flexibility index (Phi) is 5.22. The highest BCUT2D eigenvalue weighted by molar-refractivity contribution is 4.81. The molecule has 0 radical (unpaired) electrons. The van der Waals surface area contributed by atoms with Gasteiger partial charge in [0, 0.05) is 38.3 Å². The maximum absolute atomic E-state index is 12.0. The Morgan fingerprint density at radius 3 is 2.53 bits per heavy atom. The summed E-state index contributed by atoms with van der Waals surface area (Å²) in [5.74, 6) is 0. The summed E-state index contributed by atoms with van der Waals surface area (Å²) in [5, 5.41) is 2.47. The topological polar surface area (TPSA) is 18.5 Å². The lowest BCUT2D eigenvalue weighted by atomic mass is 10.1. The van der Waals surface area contributed by atoms with Crippen LogP contribution in [0.5, 0.6) is 0 Å². The summed E-state index contributed by atoms with van der Waals surface area (Å²) >= 11 is 0. The van der Waals surface area contributed by atoms with Gasteiger partial charge in [-0.3, -0.25) is 4.90 Å². The Labute approximate surface area is 101 Å². The summed E-state index contributed by atoms with van der Waals surface area (Å²) in [5.41, 5.74) is 0. The molecule has 0 saturated carbocycles. The summed E-state index contributed by atoms with van der Waals surface area (Å²) in [6.45, 7) is 6.42. The van der Waals surface area contributed by atoms with E-state index in [4.69, 9.17) is 0 Å². The largest absolute Gasteiger partial charge is 0.401 e. The molecular formula is C11H22F3N3. The summed E-state index contributed by atoms with van der Waals surface area (Å²) in [6, 6.07) is 0.613. The highest BCUT2D eigenvalue weighted by Crippen LogP contribution is 2.13. The van der Waals surface area contributed by atoms with E-state index in [0.717, 1.165) is 19.6 Å². The van der Waals surface area contributed by atoms with Crippen LogP contribution in [0.4, 0.5) is 13.2 Å². The van der Waals surface area contributed by atoms with Crippen molar-refractivity contribution >= 4 is 0 Å². The van der Waals surface area contributed by atoms with Gasteiger partial charge in [0.05, 0.1) is 6.54 Å². The van der Waals surface area contributed by atoms with Crippen LogP contribution < -0.4 is 5.32 Å². The zero-order valence-corrected chi connectivity index (χ0v) is 10.7. The van der Waals surface area contributed by atoms with Gasteiger partial charge in [0.2, 0.25) is 0 Å². The van der Waals surface area contributed by atoms with Crippen molar-refractivity contribution in [2.45, 2.75) is 32.1 Å². The van der Waals surface area contributed by atoms with E-state index in [1.165, 1.54) is 0 Å². The van der Waals surface area contributed by atoms with Crippen molar-refractivity contribution in [2.24, 2.45) is 0 Å². The number of hydrogen-bond donors (Lipinski definition) is 1. The summed E-state index contributed by atoms with van der Waals surface area (Å²) in [6.07, 6.45) is -4.12.